The van der Waals surface area contributed by atoms with Gasteiger partial charge in [-0.1, -0.05) is 12.1 Å². The highest BCUT2D eigenvalue weighted by molar-refractivity contribution is 5.79. The van der Waals surface area contributed by atoms with Crippen molar-refractivity contribution in [2.45, 2.75) is 43.9 Å². The summed E-state index contributed by atoms with van der Waals surface area (Å²) in [6.45, 7) is 6.99. The molecule has 0 amide bonds. The van der Waals surface area contributed by atoms with E-state index in [1.807, 2.05) is 13.1 Å². The summed E-state index contributed by atoms with van der Waals surface area (Å²) in [5.41, 5.74) is 1.29. The molecular formula is C23H37N5O2. The molecule has 0 saturated carbocycles. The van der Waals surface area contributed by atoms with Gasteiger partial charge in [0.1, 0.15) is 5.75 Å². The Morgan fingerprint density at radius 1 is 1.23 bits per heavy atom. The summed E-state index contributed by atoms with van der Waals surface area (Å²) in [6, 6.07) is 9.39. The Hall–Kier alpha value is -1.83. The Bertz CT molecular complexity index is 707. The van der Waals surface area contributed by atoms with Gasteiger partial charge in [-0.25, -0.2) is 0 Å². The van der Waals surface area contributed by atoms with Gasteiger partial charge in [0.25, 0.3) is 0 Å². The summed E-state index contributed by atoms with van der Waals surface area (Å²) >= 11 is 0. The third kappa shape index (κ3) is 5.25. The summed E-state index contributed by atoms with van der Waals surface area (Å²) in [7, 11) is 3.57. The van der Waals surface area contributed by atoms with Crippen LogP contribution in [0.1, 0.15) is 37.3 Å². The first-order chi connectivity index (χ1) is 14.8. The van der Waals surface area contributed by atoms with Crippen molar-refractivity contribution >= 4 is 5.96 Å². The largest absolute Gasteiger partial charge is 0.497 e. The van der Waals surface area contributed by atoms with Gasteiger partial charge in [-0.3, -0.25) is 14.8 Å². The van der Waals surface area contributed by atoms with Gasteiger partial charge in [-0.05, 0) is 63.0 Å². The minimum absolute atomic E-state index is 0.227. The summed E-state index contributed by atoms with van der Waals surface area (Å²) in [4.78, 5) is 9.59. The van der Waals surface area contributed by atoms with Gasteiger partial charge in [-0.2, -0.15) is 0 Å². The summed E-state index contributed by atoms with van der Waals surface area (Å²) in [5, 5.41) is 7.04. The highest BCUT2D eigenvalue weighted by atomic mass is 16.5. The number of methoxy groups -OCH3 is 1. The lowest BCUT2D eigenvalue weighted by molar-refractivity contribution is -0.0453. The topological polar surface area (TPSA) is 61.4 Å². The van der Waals surface area contributed by atoms with Crippen LogP contribution >= 0.6 is 0 Å². The molecule has 3 aliphatic rings. The average molecular weight is 416 g/mol. The Labute approximate surface area is 180 Å². The van der Waals surface area contributed by atoms with Crippen LogP contribution in [-0.4, -0.2) is 87.9 Å². The van der Waals surface area contributed by atoms with Crippen LogP contribution in [0.25, 0.3) is 0 Å². The van der Waals surface area contributed by atoms with Crippen LogP contribution in [-0.2, 0) is 4.74 Å². The van der Waals surface area contributed by atoms with Gasteiger partial charge in [0.15, 0.2) is 5.96 Å². The molecule has 166 valence electrons. The molecule has 1 aromatic carbocycles. The minimum atomic E-state index is 0.227. The Morgan fingerprint density at radius 2 is 2.10 bits per heavy atom. The fraction of sp³-hybridized carbons (Fsp3) is 0.696. The fourth-order valence-corrected chi connectivity index (χ4v) is 4.99. The second kappa shape index (κ2) is 10.5. The number of nitrogens with zero attached hydrogens (tertiary/aromatic N) is 3. The number of hydrogen-bond donors (Lipinski definition) is 2. The van der Waals surface area contributed by atoms with E-state index in [0.29, 0.717) is 12.1 Å². The third-order valence-electron chi connectivity index (χ3n) is 6.71. The number of hydrogen-bond acceptors (Lipinski definition) is 5. The summed E-state index contributed by atoms with van der Waals surface area (Å²) < 4.78 is 11.5. The zero-order valence-corrected chi connectivity index (χ0v) is 18.5. The molecule has 3 saturated heterocycles. The highest BCUT2D eigenvalue weighted by Crippen LogP contribution is 2.27. The monoisotopic (exact) mass is 415 g/mol. The predicted molar refractivity (Wildman–Crippen MR) is 120 cm³/mol. The van der Waals surface area contributed by atoms with Crippen LogP contribution in [0.15, 0.2) is 29.3 Å². The van der Waals surface area contributed by atoms with Gasteiger partial charge in [0.05, 0.1) is 25.9 Å². The maximum atomic E-state index is 6.08. The summed E-state index contributed by atoms with van der Waals surface area (Å²) in [5.74, 6) is 1.75. The predicted octanol–water partition coefficient (Wildman–Crippen LogP) is 1.86. The van der Waals surface area contributed by atoms with E-state index in [-0.39, 0.29) is 6.10 Å². The number of ether oxygens (including phenoxy) is 2. The second-order valence-electron chi connectivity index (χ2n) is 8.62. The molecular weight excluding hydrogens is 378 g/mol. The molecule has 0 aliphatic carbocycles. The molecule has 3 unspecified atom stereocenters. The Morgan fingerprint density at radius 3 is 2.90 bits per heavy atom. The van der Waals surface area contributed by atoms with Gasteiger partial charge in [0, 0.05) is 32.7 Å². The van der Waals surface area contributed by atoms with E-state index >= 15 is 0 Å². The molecule has 0 spiro atoms. The second-order valence-corrected chi connectivity index (χ2v) is 8.62. The number of aliphatic imine (C=N–C) groups is 1. The maximum absolute atomic E-state index is 6.08. The minimum Gasteiger partial charge on any atom is -0.497 e. The molecule has 0 aromatic heterocycles. The van der Waals surface area contributed by atoms with Crippen LogP contribution in [0.2, 0.25) is 0 Å². The smallest absolute Gasteiger partial charge is 0.191 e. The van der Waals surface area contributed by atoms with Crippen LogP contribution in [0.5, 0.6) is 5.75 Å². The zero-order chi connectivity index (χ0) is 20.8. The van der Waals surface area contributed by atoms with Gasteiger partial charge in [-0.15, -0.1) is 0 Å². The van der Waals surface area contributed by atoms with Crippen molar-refractivity contribution in [2.75, 3.05) is 60.0 Å². The normalized spacial score (nSPS) is 26.4. The number of rotatable bonds is 7. The molecule has 1 aromatic rings. The lowest BCUT2D eigenvalue weighted by atomic mass is 10.1. The zero-order valence-electron chi connectivity index (χ0n) is 18.5. The van der Waals surface area contributed by atoms with Crippen molar-refractivity contribution < 1.29 is 9.47 Å². The van der Waals surface area contributed by atoms with Gasteiger partial charge >= 0.3 is 0 Å². The number of fused-ring (bicyclic) bond motifs is 1. The van der Waals surface area contributed by atoms with Gasteiger partial charge < -0.3 is 20.1 Å². The molecule has 4 rings (SSSR count). The number of nitrogens with one attached hydrogen (secondary N) is 2. The van der Waals surface area contributed by atoms with Crippen molar-refractivity contribution in [3.8, 4) is 5.75 Å². The van der Waals surface area contributed by atoms with Crippen LogP contribution < -0.4 is 15.4 Å². The number of guanidine groups is 1. The summed E-state index contributed by atoms with van der Waals surface area (Å²) in [6.07, 6.45) is 5.35. The standard InChI is InChI=1S/C23H37N5O2/c1-24-23(25-14-21-16-28-12-6-8-19(28)17-30-21)26-15-22(27-10-3-4-11-27)18-7-5-9-20(13-18)29-2/h5,7,9,13,19,21-22H,3-4,6,8,10-12,14-17H2,1-2H3,(H2,24,25,26). The Balaban J connectivity index is 1.32. The van der Waals surface area contributed by atoms with Crippen LogP contribution in [0, 0.1) is 0 Å². The van der Waals surface area contributed by atoms with Gasteiger partial charge in [0.2, 0.25) is 0 Å². The number of morpholine rings is 1. The van der Waals surface area contributed by atoms with E-state index in [2.05, 4.69) is 43.6 Å². The molecule has 3 heterocycles. The molecule has 0 bridgehead atoms. The molecule has 3 aliphatic heterocycles. The first-order valence-electron chi connectivity index (χ1n) is 11.4. The van der Waals surface area contributed by atoms with Crippen molar-refractivity contribution in [2.24, 2.45) is 4.99 Å². The van der Waals surface area contributed by atoms with Crippen molar-refractivity contribution in [3.05, 3.63) is 29.8 Å². The van der Waals surface area contributed by atoms with E-state index in [9.17, 15) is 0 Å². The fourth-order valence-electron chi connectivity index (χ4n) is 4.99. The van der Waals surface area contributed by atoms with Crippen LogP contribution in [0.3, 0.4) is 0 Å². The van der Waals surface area contributed by atoms with Crippen molar-refractivity contribution in [3.63, 3.8) is 0 Å². The molecule has 7 heteroatoms. The molecule has 0 radical (unpaired) electrons. The van der Waals surface area contributed by atoms with E-state index in [1.54, 1.807) is 7.11 Å². The highest BCUT2D eigenvalue weighted by Gasteiger charge is 2.32. The SMILES string of the molecule is CN=C(NCC1CN2CCCC2CO1)NCC(c1cccc(OC)c1)N1CCCC1. The van der Waals surface area contributed by atoms with E-state index in [0.717, 1.165) is 51.0 Å². The molecule has 30 heavy (non-hydrogen) atoms. The molecule has 2 N–H and O–H groups in total. The van der Waals surface area contributed by atoms with Crippen molar-refractivity contribution in [1.29, 1.82) is 0 Å². The maximum Gasteiger partial charge on any atom is 0.191 e. The third-order valence-corrected chi connectivity index (χ3v) is 6.71. The van der Waals surface area contributed by atoms with Crippen LogP contribution in [0.4, 0.5) is 0 Å². The first-order valence-corrected chi connectivity index (χ1v) is 11.4. The lowest BCUT2D eigenvalue weighted by Gasteiger charge is -2.35. The molecule has 3 fully saturated rings. The molecule has 3 atom stereocenters. The average Bonchev–Trinajstić information content (AvgIpc) is 3.48. The lowest BCUT2D eigenvalue weighted by Crippen LogP contribution is -2.52. The van der Waals surface area contributed by atoms with E-state index in [1.165, 1.54) is 37.8 Å². The quantitative estimate of drug-likeness (QED) is 0.524. The van der Waals surface area contributed by atoms with E-state index < -0.39 is 0 Å². The van der Waals surface area contributed by atoms with E-state index in [4.69, 9.17) is 9.47 Å². The Kier molecular flexibility index (Phi) is 7.47. The van der Waals surface area contributed by atoms with Crippen molar-refractivity contribution in [1.82, 2.24) is 20.4 Å². The molecule has 7 nitrogen and oxygen atoms in total. The number of likely N-dealkylation sites (tertiary alicyclic amines) is 1. The number of benzene rings is 1. The first kappa shape index (κ1) is 21.4.